The number of thioether (sulfide) groups is 1. The highest BCUT2D eigenvalue weighted by atomic mass is 32.2. The van der Waals surface area contributed by atoms with E-state index in [-0.39, 0.29) is 0 Å². The van der Waals surface area contributed by atoms with Crippen molar-refractivity contribution in [2.24, 2.45) is 11.8 Å². The Morgan fingerprint density at radius 3 is 2.69 bits per heavy atom. The van der Waals surface area contributed by atoms with Gasteiger partial charge in [-0.15, -0.1) is 0 Å². The van der Waals surface area contributed by atoms with Crippen molar-refractivity contribution >= 4 is 11.8 Å². The van der Waals surface area contributed by atoms with E-state index in [0.29, 0.717) is 0 Å². The molecule has 2 saturated heterocycles. The average Bonchev–Trinajstić information content (AvgIpc) is 2.83. The molecule has 0 aromatic rings. The predicted octanol–water partition coefficient (Wildman–Crippen LogP) is 1.81. The zero-order chi connectivity index (χ0) is 10.8. The molecule has 0 radical (unpaired) electrons. The van der Waals surface area contributed by atoms with Crippen LogP contribution < -0.4 is 5.32 Å². The third-order valence-corrected chi connectivity index (χ3v) is 5.50. The first kappa shape index (κ1) is 11.4. The summed E-state index contributed by atoms with van der Waals surface area (Å²) >= 11 is 2.13. The summed E-state index contributed by atoms with van der Waals surface area (Å²) in [7, 11) is 0. The van der Waals surface area contributed by atoms with E-state index < -0.39 is 0 Å². The van der Waals surface area contributed by atoms with Gasteiger partial charge in [0.15, 0.2) is 0 Å². The molecular weight excluding hydrogens is 216 g/mol. The molecule has 2 aliphatic heterocycles. The molecule has 3 heteroatoms. The lowest BCUT2D eigenvalue weighted by Crippen LogP contribution is -2.30. The lowest BCUT2D eigenvalue weighted by atomic mass is 10.1. The van der Waals surface area contributed by atoms with E-state index in [1.165, 1.54) is 63.4 Å². The lowest BCUT2D eigenvalue weighted by molar-refractivity contribution is 0.311. The van der Waals surface area contributed by atoms with Crippen LogP contribution in [-0.2, 0) is 0 Å². The summed E-state index contributed by atoms with van der Waals surface area (Å²) in [5, 5.41) is 3.71. The van der Waals surface area contributed by atoms with Gasteiger partial charge in [-0.1, -0.05) is 0 Å². The Hall–Kier alpha value is 0.270. The molecule has 3 rings (SSSR count). The average molecular weight is 240 g/mol. The normalized spacial score (nSPS) is 36.0. The van der Waals surface area contributed by atoms with Crippen LogP contribution in [0.2, 0.25) is 0 Å². The number of hydrogen-bond donors (Lipinski definition) is 1. The van der Waals surface area contributed by atoms with Crippen molar-refractivity contribution in [2.45, 2.75) is 31.7 Å². The molecule has 3 aliphatic rings. The summed E-state index contributed by atoms with van der Waals surface area (Å²) in [6.07, 6.45) is 5.82. The van der Waals surface area contributed by atoms with Gasteiger partial charge in [-0.2, -0.15) is 11.8 Å². The smallest absolute Gasteiger partial charge is 0.00965 e. The van der Waals surface area contributed by atoms with Gasteiger partial charge in [0.25, 0.3) is 0 Å². The molecule has 0 amide bonds. The fourth-order valence-electron chi connectivity index (χ4n) is 3.04. The Bertz CT molecular complexity index is 224. The molecule has 1 aliphatic carbocycles. The molecule has 3 fully saturated rings. The van der Waals surface area contributed by atoms with Crippen molar-refractivity contribution in [1.82, 2.24) is 10.2 Å². The molecule has 2 unspecified atom stereocenters. The van der Waals surface area contributed by atoms with Crippen molar-refractivity contribution in [1.29, 1.82) is 0 Å². The minimum atomic E-state index is 0.939. The second-order valence-electron chi connectivity index (χ2n) is 5.77. The van der Waals surface area contributed by atoms with Gasteiger partial charge in [-0.25, -0.2) is 0 Å². The van der Waals surface area contributed by atoms with Crippen molar-refractivity contribution in [2.75, 3.05) is 37.7 Å². The number of rotatable bonds is 5. The van der Waals surface area contributed by atoms with Gasteiger partial charge in [0.2, 0.25) is 0 Å². The summed E-state index contributed by atoms with van der Waals surface area (Å²) in [5.41, 5.74) is 0. The van der Waals surface area contributed by atoms with E-state index in [4.69, 9.17) is 0 Å². The summed E-state index contributed by atoms with van der Waals surface area (Å²) < 4.78 is 0. The second kappa shape index (κ2) is 5.28. The fourth-order valence-corrected chi connectivity index (χ4v) is 4.32. The first-order chi connectivity index (χ1) is 7.92. The predicted molar refractivity (Wildman–Crippen MR) is 71.0 cm³/mol. The van der Waals surface area contributed by atoms with Gasteiger partial charge >= 0.3 is 0 Å². The molecule has 0 spiro atoms. The Balaban J connectivity index is 1.30. The quantitative estimate of drug-likeness (QED) is 0.789. The molecule has 2 heterocycles. The summed E-state index contributed by atoms with van der Waals surface area (Å²) in [6.45, 7) is 5.28. The Morgan fingerprint density at radius 1 is 1.06 bits per heavy atom. The van der Waals surface area contributed by atoms with Gasteiger partial charge in [-0.05, 0) is 68.7 Å². The zero-order valence-electron chi connectivity index (χ0n) is 10.2. The molecule has 16 heavy (non-hydrogen) atoms. The maximum absolute atomic E-state index is 3.71. The molecule has 1 saturated carbocycles. The van der Waals surface area contributed by atoms with Crippen LogP contribution in [0.15, 0.2) is 0 Å². The van der Waals surface area contributed by atoms with Crippen LogP contribution in [0.25, 0.3) is 0 Å². The fraction of sp³-hybridized carbons (Fsp3) is 1.00. The molecule has 0 bridgehead atoms. The minimum absolute atomic E-state index is 0.939. The summed E-state index contributed by atoms with van der Waals surface area (Å²) in [6, 6.07) is 0.983. The van der Waals surface area contributed by atoms with E-state index >= 15 is 0 Å². The monoisotopic (exact) mass is 240 g/mol. The Kier molecular flexibility index (Phi) is 3.75. The van der Waals surface area contributed by atoms with Gasteiger partial charge in [0.1, 0.15) is 0 Å². The highest BCUT2D eigenvalue weighted by Crippen LogP contribution is 2.31. The van der Waals surface area contributed by atoms with Crippen molar-refractivity contribution in [3.05, 3.63) is 0 Å². The van der Waals surface area contributed by atoms with Gasteiger partial charge in [0, 0.05) is 12.6 Å². The Morgan fingerprint density at radius 2 is 1.94 bits per heavy atom. The van der Waals surface area contributed by atoms with Crippen LogP contribution in [0, 0.1) is 11.8 Å². The molecular formula is C13H24N2S. The van der Waals surface area contributed by atoms with Crippen LogP contribution in [0.3, 0.4) is 0 Å². The van der Waals surface area contributed by atoms with Gasteiger partial charge < -0.3 is 10.2 Å². The Labute approximate surface area is 104 Å². The maximum atomic E-state index is 3.71. The molecule has 0 aromatic heterocycles. The highest BCUT2D eigenvalue weighted by molar-refractivity contribution is 7.99. The van der Waals surface area contributed by atoms with Crippen molar-refractivity contribution in [3.8, 4) is 0 Å². The van der Waals surface area contributed by atoms with Crippen LogP contribution in [-0.4, -0.2) is 48.6 Å². The highest BCUT2D eigenvalue weighted by Gasteiger charge is 2.34. The van der Waals surface area contributed by atoms with E-state index in [9.17, 15) is 0 Å². The van der Waals surface area contributed by atoms with E-state index in [1.54, 1.807) is 0 Å². The first-order valence-electron chi connectivity index (χ1n) is 6.94. The van der Waals surface area contributed by atoms with Gasteiger partial charge in [-0.3, -0.25) is 0 Å². The van der Waals surface area contributed by atoms with E-state index in [1.807, 2.05) is 0 Å². The first-order valence-corrected chi connectivity index (χ1v) is 8.10. The number of hydrogen-bond acceptors (Lipinski definition) is 3. The van der Waals surface area contributed by atoms with Crippen molar-refractivity contribution < 1.29 is 0 Å². The van der Waals surface area contributed by atoms with Crippen LogP contribution in [0.1, 0.15) is 25.7 Å². The summed E-state index contributed by atoms with van der Waals surface area (Å²) in [4.78, 5) is 2.72. The van der Waals surface area contributed by atoms with Crippen LogP contribution >= 0.6 is 11.8 Å². The number of nitrogens with zero attached hydrogens (tertiary/aromatic N) is 1. The standard InChI is InChI=1S/C13H24N2S/c1-2-13(1)15-5-3-11(9-15)7-14-8-12-4-6-16-10-12/h11-14H,1-10H2. The van der Waals surface area contributed by atoms with Crippen LogP contribution in [0.5, 0.6) is 0 Å². The molecule has 1 N–H and O–H groups in total. The number of likely N-dealkylation sites (tertiary alicyclic amines) is 1. The SMILES string of the molecule is C1CC(CNCC2CCN(C3CC3)C2)CS1. The minimum Gasteiger partial charge on any atom is -0.316 e. The largest absolute Gasteiger partial charge is 0.316 e. The topological polar surface area (TPSA) is 15.3 Å². The second-order valence-corrected chi connectivity index (χ2v) is 6.92. The molecule has 2 nitrogen and oxygen atoms in total. The third kappa shape index (κ3) is 2.93. The molecule has 2 atom stereocenters. The zero-order valence-corrected chi connectivity index (χ0v) is 11.0. The van der Waals surface area contributed by atoms with Crippen LogP contribution in [0.4, 0.5) is 0 Å². The van der Waals surface area contributed by atoms with Gasteiger partial charge in [0.05, 0.1) is 0 Å². The molecule has 92 valence electrons. The van der Waals surface area contributed by atoms with Crippen molar-refractivity contribution in [3.63, 3.8) is 0 Å². The molecule has 0 aromatic carbocycles. The van der Waals surface area contributed by atoms with E-state index in [2.05, 4.69) is 22.0 Å². The summed E-state index contributed by atoms with van der Waals surface area (Å²) in [5.74, 6) is 4.69. The third-order valence-electron chi connectivity index (χ3n) is 4.27. The lowest BCUT2D eigenvalue weighted by Gasteiger charge is -2.16. The maximum Gasteiger partial charge on any atom is 0.00965 e. The number of nitrogens with one attached hydrogen (secondary N) is 1. The van der Waals surface area contributed by atoms with E-state index in [0.717, 1.165) is 17.9 Å².